The number of carboxylic acid groups (broad SMARTS) is 1. The van der Waals surface area contributed by atoms with E-state index in [4.69, 9.17) is 14.6 Å². The second kappa shape index (κ2) is 5.18. The van der Waals surface area contributed by atoms with Crippen LogP contribution in [0.3, 0.4) is 0 Å². The molecular formula is C13H11NO4. The van der Waals surface area contributed by atoms with Crippen LogP contribution in [0.25, 0.3) is 0 Å². The second-order valence-corrected chi connectivity index (χ2v) is 3.45. The number of ether oxygens (including phenoxy) is 2. The first-order chi connectivity index (χ1) is 8.70. The molecule has 0 fully saturated rings. The molecule has 0 aliphatic heterocycles. The SMILES string of the molecule is COc1ccc(Oc2ccncc2)c(C(=O)O)c1. The Kier molecular flexibility index (Phi) is 3.43. The summed E-state index contributed by atoms with van der Waals surface area (Å²) in [5.74, 6) is 0.180. The Labute approximate surface area is 104 Å². The van der Waals surface area contributed by atoms with Gasteiger partial charge in [0.15, 0.2) is 0 Å². The molecule has 1 heterocycles. The predicted octanol–water partition coefficient (Wildman–Crippen LogP) is 2.58. The second-order valence-electron chi connectivity index (χ2n) is 3.45. The highest BCUT2D eigenvalue weighted by Gasteiger charge is 2.13. The number of carboxylic acids is 1. The van der Waals surface area contributed by atoms with Gasteiger partial charge in [0.25, 0.3) is 0 Å². The fourth-order valence-corrected chi connectivity index (χ4v) is 1.43. The van der Waals surface area contributed by atoms with Gasteiger partial charge < -0.3 is 14.6 Å². The van der Waals surface area contributed by atoms with Gasteiger partial charge in [-0.25, -0.2) is 4.79 Å². The molecule has 0 bridgehead atoms. The minimum absolute atomic E-state index is 0.0474. The first-order valence-electron chi connectivity index (χ1n) is 5.20. The molecule has 18 heavy (non-hydrogen) atoms. The lowest BCUT2D eigenvalue weighted by atomic mass is 10.2. The predicted molar refractivity (Wildman–Crippen MR) is 64.3 cm³/mol. The van der Waals surface area contributed by atoms with Gasteiger partial charge in [-0.1, -0.05) is 0 Å². The van der Waals surface area contributed by atoms with Crippen LogP contribution in [0.5, 0.6) is 17.2 Å². The van der Waals surface area contributed by atoms with Gasteiger partial charge in [-0.15, -0.1) is 0 Å². The topological polar surface area (TPSA) is 68.7 Å². The van der Waals surface area contributed by atoms with E-state index in [0.717, 1.165) is 0 Å². The largest absolute Gasteiger partial charge is 0.497 e. The van der Waals surface area contributed by atoms with Crippen molar-refractivity contribution >= 4 is 5.97 Å². The summed E-state index contributed by atoms with van der Waals surface area (Å²) in [6, 6.07) is 7.91. The van der Waals surface area contributed by atoms with Gasteiger partial charge in [0.05, 0.1) is 7.11 Å². The zero-order chi connectivity index (χ0) is 13.0. The van der Waals surface area contributed by atoms with Gasteiger partial charge in [0, 0.05) is 12.4 Å². The van der Waals surface area contributed by atoms with Crippen LogP contribution < -0.4 is 9.47 Å². The third-order valence-corrected chi connectivity index (χ3v) is 2.29. The van der Waals surface area contributed by atoms with Gasteiger partial charge in [0.1, 0.15) is 22.8 Å². The van der Waals surface area contributed by atoms with Gasteiger partial charge in [-0.3, -0.25) is 4.98 Å². The molecule has 1 aromatic carbocycles. The fraction of sp³-hybridized carbons (Fsp3) is 0.0769. The number of aromatic carboxylic acids is 1. The fourth-order valence-electron chi connectivity index (χ4n) is 1.43. The van der Waals surface area contributed by atoms with Crippen molar-refractivity contribution in [2.24, 2.45) is 0 Å². The normalized spacial score (nSPS) is 9.83. The average molecular weight is 245 g/mol. The molecule has 0 unspecified atom stereocenters. The van der Waals surface area contributed by atoms with Crippen LogP contribution in [-0.4, -0.2) is 23.2 Å². The number of aromatic nitrogens is 1. The summed E-state index contributed by atoms with van der Waals surface area (Å²) in [7, 11) is 1.48. The summed E-state index contributed by atoms with van der Waals surface area (Å²) in [5.41, 5.74) is 0.0474. The van der Waals surface area contributed by atoms with Gasteiger partial charge in [-0.2, -0.15) is 0 Å². The number of pyridine rings is 1. The van der Waals surface area contributed by atoms with Crippen molar-refractivity contribution < 1.29 is 19.4 Å². The summed E-state index contributed by atoms with van der Waals surface area (Å²) < 4.78 is 10.5. The number of rotatable bonds is 4. The van der Waals surface area contributed by atoms with Crippen LogP contribution in [0, 0.1) is 0 Å². The molecule has 0 amide bonds. The molecule has 0 radical (unpaired) electrons. The van der Waals surface area contributed by atoms with Crippen molar-refractivity contribution in [3.63, 3.8) is 0 Å². The number of hydrogen-bond donors (Lipinski definition) is 1. The van der Waals surface area contributed by atoms with Gasteiger partial charge in [0.2, 0.25) is 0 Å². The summed E-state index contributed by atoms with van der Waals surface area (Å²) in [5, 5.41) is 9.12. The van der Waals surface area contributed by atoms with Crippen LogP contribution >= 0.6 is 0 Å². The van der Waals surface area contributed by atoms with Crippen LogP contribution in [-0.2, 0) is 0 Å². The average Bonchev–Trinajstić information content (AvgIpc) is 2.40. The highest BCUT2D eigenvalue weighted by Crippen LogP contribution is 2.28. The number of carbonyl (C=O) groups is 1. The van der Waals surface area contributed by atoms with E-state index in [9.17, 15) is 4.79 Å². The Bertz CT molecular complexity index is 554. The summed E-state index contributed by atoms with van der Waals surface area (Å²) in [4.78, 5) is 15.0. The minimum atomic E-state index is -1.07. The first-order valence-corrected chi connectivity index (χ1v) is 5.20. The number of nitrogens with zero attached hydrogens (tertiary/aromatic N) is 1. The van der Waals surface area contributed by atoms with Crippen molar-refractivity contribution in [1.82, 2.24) is 4.98 Å². The maximum Gasteiger partial charge on any atom is 0.339 e. The molecule has 5 nitrogen and oxygen atoms in total. The van der Waals surface area contributed by atoms with E-state index in [1.54, 1.807) is 36.7 Å². The molecule has 1 aromatic heterocycles. The van der Waals surface area contributed by atoms with Crippen LogP contribution in [0.4, 0.5) is 0 Å². The summed E-state index contributed by atoms with van der Waals surface area (Å²) in [6.45, 7) is 0. The first kappa shape index (κ1) is 11.9. The van der Waals surface area contributed by atoms with Crippen molar-refractivity contribution in [1.29, 1.82) is 0 Å². The van der Waals surface area contributed by atoms with Gasteiger partial charge >= 0.3 is 5.97 Å². The maximum absolute atomic E-state index is 11.1. The third kappa shape index (κ3) is 2.57. The van der Waals surface area contributed by atoms with E-state index in [2.05, 4.69) is 4.98 Å². The molecule has 0 aliphatic carbocycles. The highest BCUT2D eigenvalue weighted by molar-refractivity contribution is 5.91. The molecule has 0 saturated heterocycles. The van der Waals surface area contributed by atoms with Gasteiger partial charge in [-0.05, 0) is 30.3 Å². The molecule has 0 saturated carbocycles. The monoisotopic (exact) mass is 245 g/mol. The lowest BCUT2D eigenvalue weighted by molar-refractivity contribution is 0.0693. The Morgan fingerprint density at radius 3 is 2.50 bits per heavy atom. The van der Waals surface area contributed by atoms with E-state index in [-0.39, 0.29) is 11.3 Å². The molecule has 92 valence electrons. The molecule has 0 atom stereocenters. The minimum Gasteiger partial charge on any atom is -0.497 e. The van der Waals surface area contributed by atoms with Crippen LogP contribution in [0.15, 0.2) is 42.7 Å². The molecule has 0 spiro atoms. The van der Waals surface area contributed by atoms with Crippen molar-refractivity contribution in [3.8, 4) is 17.2 Å². The molecule has 5 heteroatoms. The molecule has 2 aromatic rings. The Hall–Kier alpha value is -2.56. The lowest BCUT2D eigenvalue weighted by Gasteiger charge is -2.09. The van der Waals surface area contributed by atoms with Crippen molar-refractivity contribution in [3.05, 3.63) is 48.3 Å². The van der Waals surface area contributed by atoms with E-state index in [0.29, 0.717) is 11.5 Å². The van der Waals surface area contributed by atoms with E-state index in [1.807, 2.05) is 0 Å². The maximum atomic E-state index is 11.1. The number of hydrogen-bond acceptors (Lipinski definition) is 4. The summed E-state index contributed by atoms with van der Waals surface area (Å²) in [6.07, 6.45) is 3.14. The van der Waals surface area contributed by atoms with E-state index < -0.39 is 5.97 Å². The van der Waals surface area contributed by atoms with E-state index >= 15 is 0 Å². The van der Waals surface area contributed by atoms with Crippen molar-refractivity contribution in [2.75, 3.05) is 7.11 Å². The zero-order valence-electron chi connectivity index (χ0n) is 9.66. The van der Waals surface area contributed by atoms with E-state index in [1.165, 1.54) is 13.2 Å². The van der Waals surface area contributed by atoms with Crippen LogP contribution in [0.2, 0.25) is 0 Å². The quantitative estimate of drug-likeness (QED) is 0.896. The summed E-state index contributed by atoms with van der Waals surface area (Å²) >= 11 is 0. The molecule has 0 aliphatic rings. The number of benzene rings is 1. The standard InChI is InChI=1S/C13H11NO4/c1-17-10-2-3-12(11(8-10)13(15)16)18-9-4-6-14-7-5-9/h2-8H,1H3,(H,15,16). The molecule has 1 N–H and O–H groups in total. The zero-order valence-corrected chi connectivity index (χ0v) is 9.66. The highest BCUT2D eigenvalue weighted by atomic mass is 16.5. The smallest absolute Gasteiger partial charge is 0.339 e. The number of methoxy groups -OCH3 is 1. The lowest BCUT2D eigenvalue weighted by Crippen LogP contribution is -2.00. The molecular weight excluding hydrogens is 234 g/mol. The third-order valence-electron chi connectivity index (χ3n) is 2.29. The molecule has 2 rings (SSSR count). The Morgan fingerprint density at radius 1 is 1.17 bits per heavy atom. The van der Waals surface area contributed by atoms with Crippen molar-refractivity contribution in [2.45, 2.75) is 0 Å². The Morgan fingerprint density at radius 2 is 1.89 bits per heavy atom. The van der Waals surface area contributed by atoms with Crippen LogP contribution in [0.1, 0.15) is 10.4 Å². The Balaban J connectivity index is 2.35.